The third kappa shape index (κ3) is 9.82. The molecular weight excluding hydrogens is 489 g/mol. The maximum atomic E-state index is 14.0. The third-order valence-electron chi connectivity index (χ3n) is 5.39. The van der Waals surface area contributed by atoms with Gasteiger partial charge in [-0.3, -0.25) is 14.5 Å². The van der Waals surface area contributed by atoms with Gasteiger partial charge in [0.1, 0.15) is 5.82 Å². The molecule has 0 aliphatic carbocycles. The number of hydrogen-bond acceptors (Lipinski definition) is 7. The van der Waals surface area contributed by atoms with E-state index in [-0.39, 0.29) is 5.82 Å². The molecule has 2 aromatic heterocycles. The van der Waals surface area contributed by atoms with Crippen LogP contribution in [0.4, 0.5) is 4.39 Å². The van der Waals surface area contributed by atoms with E-state index < -0.39 is 36.4 Å². The molecule has 0 saturated heterocycles. The van der Waals surface area contributed by atoms with Gasteiger partial charge < -0.3 is 29.6 Å². The van der Waals surface area contributed by atoms with E-state index in [9.17, 15) is 18.8 Å². The van der Waals surface area contributed by atoms with Gasteiger partial charge in [0.05, 0.1) is 31.2 Å². The first kappa shape index (κ1) is 29.1. The Bertz CT molecular complexity index is 1150. The molecule has 0 unspecified atom stereocenters. The van der Waals surface area contributed by atoms with Gasteiger partial charge in [0.25, 0.3) is 0 Å². The largest absolute Gasteiger partial charge is 0.481 e. The molecule has 2 heterocycles. The standard InChI is InChI=1S/C18H22FN5.C6H8O7/c1-22-14-21-11-17(22)13-24(9-4-8-23-10-7-20-15-23)12-16-5-2-3-6-18(16)19;7-3(8)1-6(13,5(11)12)2-4(9)10/h2-3,5-7,10-11,14-15H,4,8-9,12-13H2,1H3;13H,1-2H2,(H,7,8)(H,9,10)(H,11,12). The molecular formula is C24H30FN5O7. The Morgan fingerprint density at radius 3 is 2.22 bits per heavy atom. The summed E-state index contributed by atoms with van der Waals surface area (Å²) in [4.78, 5) is 41.0. The highest BCUT2D eigenvalue weighted by molar-refractivity contribution is 5.88. The molecule has 3 rings (SSSR count). The van der Waals surface area contributed by atoms with Gasteiger partial charge in [0, 0.05) is 57.4 Å². The molecule has 0 radical (unpaired) electrons. The fraction of sp³-hybridized carbons (Fsp3) is 0.375. The fourth-order valence-corrected chi connectivity index (χ4v) is 3.46. The first-order valence-electron chi connectivity index (χ1n) is 11.3. The number of aliphatic hydroxyl groups is 1. The zero-order valence-electron chi connectivity index (χ0n) is 20.3. The monoisotopic (exact) mass is 519 g/mol. The molecule has 0 amide bonds. The van der Waals surface area contributed by atoms with Crippen LogP contribution in [0.2, 0.25) is 0 Å². The second-order valence-corrected chi connectivity index (χ2v) is 8.43. The van der Waals surface area contributed by atoms with Crippen molar-refractivity contribution in [3.63, 3.8) is 0 Å². The van der Waals surface area contributed by atoms with Crippen LogP contribution < -0.4 is 0 Å². The van der Waals surface area contributed by atoms with Gasteiger partial charge in [-0.2, -0.15) is 0 Å². The molecule has 0 aliphatic heterocycles. The normalized spacial score (nSPS) is 11.1. The van der Waals surface area contributed by atoms with Crippen molar-refractivity contribution in [1.82, 2.24) is 24.0 Å². The van der Waals surface area contributed by atoms with Gasteiger partial charge in [-0.1, -0.05) is 18.2 Å². The van der Waals surface area contributed by atoms with Crippen molar-refractivity contribution >= 4 is 17.9 Å². The minimum Gasteiger partial charge on any atom is -0.481 e. The Hall–Kier alpha value is -4.10. The molecule has 0 bridgehead atoms. The molecule has 0 fully saturated rings. The summed E-state index contributed by atoms with van der Waals surface area (Å²) in [7, 11) is 1.98. The predicted octanol–water partition coefficient (Wildman–Crippen LogP) is 1.60. The lowest BCUT2D eigenvalue weighted by Gasteiger charge is -2.23. The van der Waals surface area contributed by atoms with Crippen LogP contribution in [0, 0.1) is 5.82 Å². The Morgan fingerprint density at radius 2 is 1.70 bits per heavy atom. The van der Waals surface area contributed by atoms with E-state index in [4.69, 9.17) is 20.4 Å². The van der Waals surface area contributed by atoms with Gasteiger partial charge in [-0.05, 0) is 12.5 Å². The summed E-state index contributed by atoms with van der Waals surface area (Å²) in [5.41, 5.74) is -0.895. The summed E-state index contributed by atoms with van der Waals surface area (Å²) < 4.78 is 18.1. The van der Waals surface area contributed by atoms with Crippen LogP contribution in [0.15, 0.2) is 55.5 Å². The summed E-state index contributed by atoms with van der Waals surface area (Å²) in [6.45, 7) is 3.10. The first-order valence-corrected chi connectivity index (χ1v) is 11.3. The number of hydrogen-bond donors (Lipinski definition) is 4. The van der Waals surface area contributed by atoms with Gasteiger partial charge in [-0.25, -0.2) is 19.2 Å². The van der Waals surface area contributed by atoms with Crippen LogP contribution in [-0.4, -0.2) is 74.5 Å². The predicted molar refractivity (Wildman–Crippen MR) is 128 cm³/mol. The molecule has 13 heteroatoms. The molecule has 3 aromatic rings. The Labute approximate surface area is 212 Å². The second kappa shape index (κ2) is 13.8. The molecule has 4 N–H and O–H groups in total. The molecule has 0 aliphatic rings. The van der Waals surface area contributed by atoms with E-state index >= 15 is 0 Å². The summed E-state index contributed by atoms with van der Waals surface area (Å²) in [6.07, 6.45) is 7.91. The smallest absolute Gasteiger partial charge is 0.336 e. The number of carboxylic acids is 3. The van der Waals surface area contributed by atoms with Crippen LogP contribution >= 0.6 is 0 Å². The lowest BCUT2D eigenvalue weighted by atomic mass is 9.96. The van der Waals surface area contributed by atoms with Crippen molar-refractivity contribution < 1.29 is 39.2 Å². The number of aliphatic carboxylic acids is 3. The zero-order chi connectivity index (χ0) is 27.4. The van der Waals surface area contributed by atoms with E-state index in [2.05, 4.69) is 19.4 Å². The van der Waals surface area contributed by atoms with Crippen molar-refractivity contribution in [2.75, 3.05) is 6.54 Å². The summed E-state index contributed by atoms with van der Waals surface area (Å²) in [5.74, 6) is -5.17. The highest BCUT2D eigenvalue weighted by atomic mass is 19.1. The number of carbonyl (C=O) groups is 3. The average molecular weight is 520 g/mol. The van der Waals surface area contributed by atoms with Crippen LogP contribution in [0.5, 0.6) is 0 Å². The van der Waals surface area contributed by atoms with Gasteiger partial charge >= 0.3 is 17.9 Å². The molecule has 12 nitrogen and oxygen atoms in total. The second-order valence-electron chi connectivity index (χ2n) is 8.43. The Kier molecular flexibility index (Phi) is 10.9. The van der Waals surface area contributed by atoms with Crippen LogP contribution in [-0.2, 0) is 41.1 Å². The number of imidazole rings is 2. The van der Waals surface area contributed by atoms with Gasteiger partial charge in [0.15, 0.2) is 5.60 Å². The maximum absolute atomic E-state index is 14.0. The number of aryl methyl sites for hydroxylation is 2. The number of aromatic nitrogens is 4. The van der Waals surface area contributed by atoms with Crippen LogP contribution in [0.3, 0.4) is 0 Å². The lowest BCUT2D eigenvalue weighted by Crippen LogP contribution is -2.42. The molecule has 0 atom stereocenters. The van der Waals surface area contributed by atoms with E-state index in [1.165, 1.54) is 6.07 Å². The number of benzene rings is 1. The maximum Gasteiger partial charge on any atom is 0.336 e. The van der Waals surface area contributed by atoms with Gasteiger partial charge in [-0.15, -0.1) is 0 Å². The zero-order valence-corrected chi connectivity index (χ0v) is 20.3. The number of rotatable bonds is 13. The molecule has 200 valence electrons. The lowest BCUT2D eigenvalue weighted by molar-refractivity contribution is -0.170. The van der Waals surface area contributed by atoms with Gasteiger partial charge in [0.2, 0.25) is 0 Å². The molecule has 0 saturated carbocycles. The number of carboxylic acid groups (broad SMARTS) is 3. The highest BCUT2D eigenvalue weighted by Crippen LogP contribution is 2.16. The van der Waals surface area contributed by atoms with Crippen molar-refractivity contribution in [3.8, 4) is 0 Å². The first-order chi connectivity index (χ1) is 17.5. The minimum absolute atomic E-state index is 0.151. The Balaban J connectivity index is 0.000000317. The van der Waals surface area contributed by atoms with Crippen molar-refractivity contribution in [1.29, 1.82) is 0 Å². The Morgan fingerprint density at radius 1 is 1.03 bits per heavy atom. The number of halogens is 1. The summed E-state index contributed by atoms with van der Waals surface area (Å²) in [5, 5.41) is 33.8. The van der Waals surface area contributed by atoms with E-state index in [1.54, 1.807) is 18.6 Å². The molecule has 1 aromatic carbocycles. The molecule has 0 spiro atoms. The van der Waals surface area contributed by atoms with E-state index in [0.717, 1.165) is 37.3 Å². The van der Waals surface area contributed by atoms with Crippen molar-refractivity contribution in [3.05, 3.63) is 72.6 Å². The van der Waals surface area contributed by atoms with E-state index in [1.807, 2.05) is 42.5 Å². The van der Waals surface area contributed by atoms with Crippen LogP contribution in [0.25, 0.3) is 0 Å². The average Bonchev–Trinajstić information content (AvgIpc) is 3.46. The fourth-order valence-electron chi connectivity index (χ4n) is 3.46. The topological polar surface area (TPSA) is 171 Å². The quantitative estimate of drug-likeness (QED) is 0.260. The summed E-state index contributed by atoms with van der Waals surface area (Å²) in [6, 6.07) is 6.97. The number of nitrogens with zero attached hydrogens (tertiary/aromatic N) is 5. The minimum atomic E-state index is -2.74. The van der Waals surface area contributed by atoms with E-state index in [0.29, 0.717) is 6.54 Å². The van der Waals surface area contributed by atoms with Crippen LogP contribution in [0.1, 0.15) is 30.5 Å². The molecule has 37 heavy (non-hydrogen) atoms. The van der Waals surface area contributed by atoms with Crippen molar-refractivity contribution in [2.24, 2.45) is 7.05 Å². The van der Waals surface area contributed by atoms with Crippen molar-refractivity contribution in [2.45, 2.75) is 44.5 Å². The highest BCUT2D eigenvalue weighted by Gasteiger charge is 2.40. The SMILES string of the molecule is Cn1cncc1CN(CCCn1ccnc1)Cc1ccccc1F.O=C(O)CC(O)(CC(=O)O)C(=O)O. The summed E-state index contributed by atoms with van der Waals surface area (Å²) >= 11 is 0. The third-order valence-corrected chi connectivity index (χ3v) is 5.39.